The van der Waals surface area contributed by atoms with Crippen molar-refractivity contribution in [2.75, 3.05) is 18.5 Å². The summed E-state index contributed by atoms with van der Waals surface area (Å²) in [5, 5.41) is 14.4. The van der Waals surface area contributed by atoms with Gasteiger partial charge in [-0.1, -0.05) is 18.2 Å². The van der Waals surface area contributed by atoms with Gasteiger partial charge in [-0.05, 0) is 42.0 Å². The lowest BCUT2D eigenvalue weighted by molar-refractivity contribution is 0.299. The van der Waals surface area contributed by atoms with Crippen molar-refractivity contribution in [3.8, 4) is 0 Å². The molecule has 2 nitrogen and oxygen atoms in total. The summed E-state index contributed by atoms with van der Waals surface area (Å²) in [5.41, 5.74) is 2.31. The summed E-state index contributed by atoms with van der Waals surface area (Å²) in [6.07, 6.45) is 1.78. The summed E-state index contributed by atoms with van der Waals surface area (Å²) in [7, 11) is 0. The van der Waals surface area contributed by atoms with Crippen LogP contribution in [0, 0.1) is 0 Å². The van der Waals surface area contributed by atoms with E-state index in [0.29, 0.717) is 0 Å². The molecule has 0 saturated carbocycles. The predicted octanol–water partition coefficient (Wildman–Crippen LogP) is 2.94. The Kier molecular flexibility index (Phi) is 4.59. The zero-order chi connectivity index (χ0) is 11.9. The normalized spacial score (nSPS) is 10.4. The average Bonchev–Trinajstić information content (AvgIpc) is 2.83. The molecule has 0 amide bonds. The molecule has 0 spiro atoms. The van der Waals surface area contributed by atoms with Crippen LogP contribution in [-0.4, -0.2) is 18.3 Å². The molecule has 0 bridgehead atoms. The van der Waals surface area contributed by atoms with Crippen molar-refractivity contribution < 1.29 is 5.11 Å². The Labute approximate surface area is 106 Å². The number of aliphatic hydroxyl groups is 1. The van der Waals surface area contributed by atoms with Gasteiger partial charge in [0.25, 0.3) is 0 Å². The third kappa shape index (κ3) is 3.88. The van der Waals surface area contributed by atoms with E-state index in [-0.39, 0.29) is 6.61 Å². The van der Waals surface area contributed by atoms with E-state index < -0.39 is 0 Å². The molecule has 90 valence electrons. The van der Waals surface area contributed by atoms with Crippen LogP contribution in [0.4, 0.5) is 5.69 Å². The van der Waals surface area contributed by atoms with Crippen LogP contribution in [0.2, 0.25) is 0 Å². The van der Waals surface area contributed by atoms with Crippen LogP contribution < -0.4 is 5.32 Å². The van der Waals surface area contributed by atoms with Crippen LogP contribution in [0.5, 0.6) is 0 Å². The molecule has 1 aromatic heterocycles. The quantitative estimate of drug-likeness (QED) is 0.822. The second-order valence-electron chi connectivity index (χ2n) is 3.93. The van der Waals surface area contributed by atoms with Crippen molar-refractivity contribution in [3.63, 3.8) is 0 Å². The molecule has 3 heteroatoms. The number of hydrogen-bond donors (Lipinski definition) is 2. The zero-order valence-corrected chi connectivity index (χ0v) is 10.5. The monoisotopic (exact) mass is 247 g/mol. The molecule has 0 aliphatic heterocycles. The Morgan fingerprint density at radius 3 is 2.82 bits per heavy atom. The minimum absolute atomic E-state index is 0.207. The molecule has 1 aromatic carbocycles. The first-order chi connectivity index (χ1) is 8.38. The Morgan fingerprint density at radius 2 is 2.06 bits per heavy atom. The minimum Gasteiger partial charge on any atom is -0.396 e. The van der Waals surface area contributed by atoms with Crippen LogP contribution in [0.25, 0.3) is 0 Å². The van der Waals surface area contributed by atoms with Crippen molar-refractivity contribution in [1.29, 1.82) is 0 Å². The molecule has 0 radical (unpaired) electrons. The van der Waals surface area contributed by atoms with E-state index in [1.165, 1.54) is 10.4 Å². The van der Waals surface area contributed by atoms with E-state index >= 15 is 0 Å². The van der Waals surface area contributed by atoms with E-state index in [1.807, 2.05) is 12.1 Å². The lowest BCUT2D eigenvalue weighted by Gasteiger charge is -2.07. The maximum Gasteiger partial charge on any atom is 0.0471 e. The van der Waals surface area contributed by atoms with Crippen molar-refractivity contribution in [1.82, 2.24) is 0 Å². The van der Waals surface area contributed by atoms with Gasteiger partial charge in [-0.2, -0.15) is 0 Å². The molecule has 17 heavy (non-hydrogen) atoms. The van der Waals surface area contributed by atoms with E-state index in [0.717, 1.165) is 25.1 Å². The van der Waals surface area contributed by atoms with Gasteiger partial charge < -0.3 is 10.4 Å². The lowest BCUT2D eigenvalue weighted by atomic mass is 10.1. The molecular weight excluding hydrogens is 230 g/mol. The minimum atomic E-state index is 0.207. The maximum atomic E-state index is 8.89. The second-order valence-corrected chi connectivity index (χ2v) is 4.96. The molecule has 0 atom stereocenters. The number of anilines is 1. The fourth-order valence-electron chi connectivity index (χ4n) is 1.75. The summed E-state index contributed by atoms with van der Waals surface area (Å²) < 4.78 is 0. The van der Waals surface area contributed by atoms with Crippen LogP contribution >= 0.6 is 11.3 Å². The fraction of sp³-hybridized carbons (Fsp3) is 0.286. The van der Waals surface area contributed by atoms with Gasteiger partial charge in [-0.3, -0.25) is 0 Å². The summed E-state index contributed by atoms with van der Waals surface area (Å²) in [5.74, 6) is 0. The molecule has 0 fully saturated rings. The predicted molar refractivity (Wildman–Crippen MR) is 73.7 cm³/mol. The summed E-state index contributed by atoms with van der Waals surface area (Å²) in [6, 6.07) is 12.5. The van der Waals surface area contributed by atoms with Gasteiger partial charge in [-0.25, -0.2) is 0 Å². The first-order valence-corrected chi connectivity index (χ1v) is 6.72. The molecule has 0 aliphatic rings. The number of rotatable bonds is 6. The number of thiophene rings is 1. The highest BCUT2D eigenvalue weighted by Gasteiger charge is 1.96. The number of aliphatic hydroxyl groups excluding tert-OH is 1. The lowest BCUT2D eigenvalue weighted by Crippen LogP contribution is -2.04. The van der Waals surface area contributed by atoms with Gasteiger partial charge in [0, 0.05) is 23.7 Å². The van der Waals surface area contributed by atoms with Crippen LogP contribution in [0.15, 0.2) is 41.8 Å². The maximum absolute atomic E-state index is 8.89. The van der Waals surface area contributed by atoms with E-state index in [1.54, 1.807) is 11.3 Å². The average molecular weight is 247 g/mol. The SMILES string of the molecule is OCCc1cccc(NCCc2cccs2)c1. The highest BCUT2D eigenvalue weighted by molar-refractivity contribution is 7.09. The summed E-state index contributed by atoms with van der Waals surface area (Å²) in [4.78, 5) is 1.41. The fourth-order valence-corrected chi connectivity index (χ4v) is 2.46. The largest absolute Gasteiger partial charge is 0.396 e. The smallest absolute Gasteiger partial charge is 0.0471 e. The van der Waals surface area contributed by atoms with Gasteiger partial charge >= 0.3 is 0 Å². The van der Waals surface area contributed by atoms with Crippen molar-refractivity contribution in [3.05, 3.63) is 52.2 Å². The van der Waals surface area contributed by atoms with Gasteiger partial charge in [-0.15, -0.1) is 11.3 Å². The summed E-state index contributed by atoms with van der Waals surface area (Å²) in [6.45, 7) is 1.15. The van der Waals surface area contributed by atoms with Crippen molar-refractivity contribution in [2.45, 2.75) is 12.8 Å². The van der Waals surface area contributed by atoms with Crippen LogP contribution in [0.3, 0.4) is 0 Å². The molecule has 2 rings (SSSR count). The van der Waals surface area contributed by atoms with Crippen LogP contribution in [-0.2, 0) is 12.8 Å². The zero-order valence-electron chi connectivity index (χ0n) is 9.73. The van der Waals surface area contributed by atoms with Gasteiger partial charge in [0.2, 0.25) is 0 Å². The standard InChI is InChI=1S/C14H17NOS/c16-9-7-12-3-1-4-13(11-12)15-8-6-14-5-2-10-17-14/h1-5,10-11,15-16H,6-9H2. The molecule has 1 heterocycles. The Balaban J connectivity index is 1.84. The highest BCUT2D eigenvalue weighted by atomic mass is 32.1. The Hall–Kier alpha value is -1.32. The van der Waals surface area contributed by atoms with E-state index in [9.17, 15) is 0 Å². The number of benzene rings is 1. The van der Waals surface area contributed by atoms with Crippen molar-refractivity contribution >= 4 is 17.0 Å². The summed E-state index contributed by atoms with van der Waals surface area (Å²) >= 11 is 1.80. The molecule has 0 aliphatic carbocycles. The number of hydrogen-bond acceptors (Lipinski definition) is 3. The number of nitrogens with one attached hydrogen (secondary N) is 1. The highest BCUT2D eigenvalue weighted by Crippen LogP contribution is 2.13. The third-order valence-corrected chi connectivity index (χ3v) is 3.54. The van der Waals surface area contributed by atoms with E-state index in [4.69, 9.17) is 5.11 Å². The molecule has 0 unspecified atom stereocenters. The molecular formula is C14H17NOS. The molecule has 2 aromatic rings. The van der Waals surface area contributed by atoms with Gasteiger partial charge in [0.05, 0.1) is 0 Å². The third-order valence-electron chi connectivity index (χ3n) is 2.61. The van der Waals surface area contributed by atoms with Crippen molar-refractivity contribution in [2.24, 2.45) is 0 Å². The Morgan fingerprint density at radius 1 is 1.12 bits per heavy atom. The topological polar surface area (TPSA) is 32.3 Å². The van der Waals surface area contributed by atoms with Crippen LogP contribution in [0.1, 0.15) is 10.4 Å². The second kappa shape index (κ2) is 6.42. The molecule has 0 saturated heterocycles. The first-order valence-electron chi connectivity index (χ1n) is 5.84. The first kappa shape index (κ1) is 12.1. The van der Waals surface area contributed by atoms with Gasteiger partial charge in [0.1, 0.15) is 0 Å². The Bertz CT molecular complexity index is 439. The van der Waals surface area contributed by atoms with E-state index in [2.05, 4.69) is 35.0 Å². The molecule has 2 N–H and O–H groups in total. The van der Waals surface area contributed by atoms with Gasteiger partial charge in [0.15, 0.2) is 0 Å².